The molecule has 1 unspecified atom stereocenters. The smallest absolute Gasteiger partial charge is 0.338 e. The number of amides is 1. The number of ether oxygens (including phenoxy) is 1. The third-order valence-corrected chi connectivity index (χ3v) is 4.73. The summed E-state index contributed by atoms with van der Waals surface area (Å²) in [6, 6.07) is 5.35. The van der Waals surface area contributed by atoms with E-state index in [0.717, 1.165) is 30.3 Å². The molecule has 1 aliphatic heterocycles. The molecule has 0 aliphatic carbocycles. The van der Waals surface area contributed by atoms with Crippen LogP contribution in [-0.4, -0.2) is 49.1 Å². The molecule has 0 radical (unpaired) electrons. The number of anilines is 2. The van der Waals surface area contributed by atoms with E-state index in [1.165, 1.54) is 0 Å². The molecule has 132 valence electrons. The third-order valence-electron chi connectivity index (χ3n) is 3.60. The Morgan fingerprint density at radius 1 is 1.33 bits per heavy atom. The van der Waals surface area contributed by atoms with E-state index in [1.807, 2.05) is 18.7 Å². The van der Waals surface area contributed by atoms with Gasteiger partial charge in [-0.15, -0.1) is 0 Å². The Hall–Kier alpha value is -1.73. The molecule has 1 aromatic carbocycles. The van der Waals surface area contributed by atoms with Crippen LogP contribution in [0, 0.1) is 0 Å². The predicted octanol–water partition coefficient (Wildman–Crippen LogP) is 2.33. The minimum absolute atomic E-state index is 0.0600. The zero-order chi connectivity index (χ0) is 17.4. The van der Waals surface area contributed by atoms with Crippen LogP contribution in [0.2, 0.25) is 0 Å². The second kappa shape index (κ2) is 9.54. The molecule has 0 saturated carbocycles. The van der Waals surface area contributed by atoms with Crippen LogP contribution in [0.1, 0.15) is 30.6 Å². The number of hydrogen-bond acceptors (Lipinski definition) is 6. The lowest BCUT2D eigenvalue weighted by Crippen LogP contribution is -2.39. The normalized spacial score (nSPS) is 17.2. The fourth-order valence-electron chi connectivity index (χ4n) is 2.51. The summed E-state index contributed by atoms with van der Waals surface area (Å²) in [4.78, 5) is 24.2. The fourth-order valence-corrected chi connectivity index (χ4v) is 3.46. The van der Waals surface area contributed by atoms with Gasteiger partial charge >= 0.3 is 5.97 Å². The third kappa shape index (κ3) is 5.42. The lowest BCUT2D eigenvalue weighted by molar-refractivity contribution is -0.116. The Balaban J connectivity index is 2.08. The number of carbonyl (C=O) groups is 2. The summed E-state index contributed by atoms with van der Waals surface area (Å²) in [6.45, 7) is 5.73. The summed E-state index contributed by atoms with van der Waals surface area (Å²) in [5, 5.41) is 9.47. The highest BCUT2D eigenvalue weighted by Crippen LogP contribution is 2.24. The number of carbonyl (C=O) groups excluding carboxylic acids is 2. The van der Waals surface area contributed by atoms with Gasteiger partial charge in [-0.05, 0) is 32.0 Å². The highest BCUT2D eigenvalue weighted by molar-refractivity contribution is 7.99. The first-order valence-corrected chi connectivity index (χ1v) is 9.45. The van der Waals surface area contributed by atoms with Crippen LogP contribution in [0.5, 0.6) is 0 Å². The van der Waals surface area contributed by atoms with Crippen molar-refractivity contribution in [1.82, 2.24) is 5.32 Å². The summed E-state index contributed by atoms with van der Waals surface area (Å²) in [6.07, 6.45) is 0.419. The van der Waals surface area contributed by atoms with Crippen molar-refractivity contribution >= 4 is 35.0 Å². The Bertz CT molecular complexity index is 574. The van der Waals surface area contributed by atoms with E-state index in [1.54, 1.807) is 25.1 Å². The molecule has 2 rings (SSSR count). The molecule has 1 heterocycles. The molecular weight excluding hydrogens is 326 g/mol. The molecule has 1 atom stereocenters. The number of esters is 1. The molecule has 1 amide bonds. The Morgan fingerprint density at radius 2 is 2.17 bits per heavy atom. The van der Waals surface area contributed by atoms with Gasteiger partial charge in [-0.2, -0.15) is 11.8 Å². The lowest BCUT2D eigenvalue weighted by Gasteiger charge is -2.23. The van der Waals surface area contributed by atoms with E-state index in [4.69, 9.17) is 4.74 Å². The Morgan fingerprint density at radius 3 is 2.83 bits per heavy atom. The first kappa shape index (κ1) is 18.6. The van der Waals surface area contributed by atoms with Crippen molar-refractivity contribution in [2.24, 2.45) is 0 Å². The van der Waals surface area contributed by atoms with Gasteiger partial charge in [0.25, 0.3) is 0 Å². The van der Waals surface area contributed by atoms with Gasteiger partial charge in [-0.25, -0.2) is 4.79 Å². The second-order valence-electron chi connectivity index (χ2n) is 5.49. The summed E-state index contributed by atoms with van der Waals surface area (Å²) >= 11 is 1.86. The summed E-state index contributed by atoms with van der Waals surface area (Å²) in [5.74, 6) is 1.58. The molecule has 0 bridgehead atoms. The zero-order valence-electron chi connectivity index (χ0n) is 14.2. The zero-order valence-corrected chi connectivity index (χ0v) is 15.0. The van der Waals surface area contributed by atoms with E-state index in [2.05, 4.69) is 16.0 Å². The molecule has 1 fully saturated rings. The number of rotatable bonds is 7. The average molecular weight is 351 g/mol. The molecule has 0 spiro atoms. The fraction of sp³-hybridized carbons (Fsp3) is 0.529. The van der Waals surface area contributed by atoms with Crippen LogP contribution in [-0.2, 0) is 9.53 Å². The molecule has 24 heavy (non-hydrogen) atoms. The maximum absolute atomic E-state index is 12.3. The Kier molecular flexibility index (Phi) is 7.39. The minimum atomic E-state index is -0.388. The lowest BCUT2D eigenvalue weighted by atomic mass is 10.1. The van der Waals surface area contributed by atoms with E-state index >= 15 is 0 Å². The highest BCUT2D eigenvalue weighted by atomic mass is 32.2. The highest BCUT2D eigenvalue weighted by Gasteiger charge is 2.18. The van der Waals surface area contributed by atoms with Crippen LogP contribution in [0.25, 0.3) is 0 Å². The predicted molar refractivity (Wildman–Crippen MR) is 98.9 cm³/mol. The largest absolute Gasteiger partial charge is 0.462 e. The number of hydrogen-bond donors (Lipinski definition) is 3. The van der Waals surface area contributed by atoms with Crippen LogP contribution in [0.15, 0.2) is 18.2 Å². The molecule has 1 aliphatic rings. The van der Waals surface area contributed by atoms with Gasteiger partial charge in [0.1, 0.15) is 0 Å². The average Bonchev–Trinajstić information content (AvgIpc) is 2.57. The maximum Gasteiger partial charge on any atom is 0.338 e. The van der Waals surface area contributed by atoms with Gasteiger partial charge < -0.3 is 20.7 Å². The molecule has 1 aromatic rings. The first-order valence-electron chi connectivity index (χ1n) is 8.30. The first-order chi connectivity index (χ1) is 11.6. The molecule has 0 aromatic heterocycles. The van der Waals surface area contributed by atoms with Crippen molar-refractivity contribution in [2.45, 2.75) is 26.3 Å². The number of benzene rings is 1. The van der Waals surface area contributed by atoms with Crippen molar-refractivity contribution in [3.63, 3.8) is 0 Å². The summed E-state index contributed by atoms with van der Waals surface area (Å²) in [7, 11) is 0. The van der Waals surface area contributed by atoms with Crippen molar-refractivity contribution < 1.29 is 14.3 Å². The van der Waals surface area contributed by atoms with Gasteiger partial charge in [-0.1, -0.05) is 0 Å². The van der Waals surface area contributed by atoms with Crippen molar-refractivity contribution in [3.05, 3.63) is 23.8 Å². The molecular formula is C17H25N3O3S. The van der Waals surface area contributed by atoms with Gasteiger partial charge in [0.2, 0.25) is 5.91 Å². The van der Waals surface area contributed by atoms with Crippen LogP contribution in [0.4, 0.5) is 11.4 Å². The SMILES string of the molecule is CCNc1ccc(C(=O)OCC)cc1NC(=O)CC1CSCCN1. The van der Waals surface area contributed by atoms with Gasteiger partial charge in [0, 0.05) is 37.1 Å². The van der Waals surface area contributed by atoms with Crippen LogP contribution >= 0.6 is 11.8 Å². The second-order valence-corrected chi connectivity index (χ2v) is 6.64. The van der Waals surface area contributed by atoms with Gasteiger partial charge in [0.15, 0.2) is 0 Å². The van der Waals surface area contributed by atoms with Crippen LogP contribution in [0.3, 0.4) is 0 Å². The van der Waals surface area contributed by atoms with Crippen LogP contribution < -0.4 is 16.0 Å². The van der Waals surface area contributed by atoms with E-state index in [0.29, 0.717) is 24.3 Å². The number of nitrogens with one attached hydrogen (secondary N) is 3. The number of thioether (sulfide) groups is 1. The Labute approximate surface area is 147 Å². The van der Waals surface area contributed by atoms with Gasteiger partial charge in [0.05, 0.1) is 23.5 Å². The van der Waals surface area contributed by atoms with Crippen molar-refractivity contribution in [3.8, 4) is 0 Å². The van der Waals surface area contributed by atoms with E-state index in [9.17, 15) is 9.59 Å². The van der Waals surface area contributed by atoms with Crippen molar-refractivity contribution in [2.75, 3.05) is 41.8 Å². The quantitative estimate of drug-likeness (QED) is 0.654. The molecule has 6 nitrogen and oxygen atoms in total. The molecule has 7 heteroatoms. The van der Waals surface area contributed by atoms with Crippen molar-refractivity contribution in [1.29, 1.82) is 0 Å². The van der Waals surface area contributed by atoms with Gasteiger partial charge in [-0.3, -0.25) is 4.79 Å². The summed E-state index contributed by atoms with van der Waals surface area (Å²) < 4.78 is 5.02. The molecule has 1 saturated heterocycles. The summed E-state index contributed by atoms with van der Waals surface area (Å²) in [5.41, 5.74) is 1.83. The van der Waals surface area contributed by atoms with E-state index in [-0.39, 0.29) is 17.9 Å². The monoisotopic (exact) mass is 351 g/mol. The standard InChI is InChI=1S/C17H25N3O3S/c1-3-18-14-6-5-12(17(22)23-4-2)9-15(14)20-16(21)10-13-11-24-8-7-19-13/h5-6,9,13,18-19H,3-4,7-8,10-11H2,1-2H3,(H,20,21). The maximum atomic E-state index is 12.3. The minimum Gasteiger partial charge on any atom is -0.462 e. The molecule has 3 N–H and O–H groups in total. The van der Waals surface area contributed by atoms with E-state index < -0.39 is 0 Å². The topological polar surface area (TPSA) is 79.5 Å².